The summed E-state index contributed by atoms with van der Waals surface area (Å²) < 4.78 is 43.5. The molecule has 0 amide bonds. The molecule has 3 rings (SSSR count). The van der Waals surface area contributed by atoms with Crippen LogP contribution in [0, 0.1) is 0 Å². The zero-order valence-corrected chi connectivity index (χ0v) is 18.6. The molecule has 0 aliphatic rings. The fraction of sp³-hybridized carbons (Fsp3) is 0.250. The van der Waals surface area contributed by atoms with Gasteiger partial charge in [0.25, 0.3) is 0 Å². The van der Waals surface area contributed by atoms with Crippen molar-refractivity contribution in [3.63, 3.8) is 0 Å². The van der Waals surface area contributed by atoms with Crippen LogP contribution in [0.4, 0.5) is 13.2 Å². The van der Waals surface area contributed by atoms with Crippen molar-refractivity contribution in [2.24, 2.45) is 0 Å². The number of thioether (sulfide) groups is 1. The van der Waals surface area contributed by atoms with Crippen LogP contribution in [-0.4, -0.2) is 23.2 Å². The highest BCUT2D eigenvalue weighted by Crippen LogP contribution is 2.36. The molecule has 0 fully saturated rings. The molecule has 0 saturated heterocycles. The second kappa shape index (κ2) is 9.24. The Morgan fingerprint density at radius 3 is 2.22 bits per heavy atom. The number of hydrogen-bond acceptors (Lipinski definition) is 4. The topological polar surface area (TPSA) is 59.4 Å². The molecule has 0 aliphatic heterocycles. The van der Waals surface area contributed by atoms with Crippen LogP contribution in [0.3, 0.4) is 0 Å². The lowest BCUT2D eigenvalue weighted by molar-refractivity contribution is -0.142. The van der Waals surface area contributed by atoms with Gasteiger partial charge in [0.2, 0.25) is 0 Å². The lowest BCUT2D eigenvalue weighted by atomic mass is 9.85. The first kappa shape index (κ1) is 23.7. The number of rotatable bonds is 7. The Balaban J connectivity index is 1.71. The third kappa shape index (κ3) is 5.24. The summed E-state index contributed by atoms with van der Waals surface area (Å²) in [6, 6.07) is 15.2. The van der Waals surface area contributed by atoms with Gasteiger partial charge in [0, 0.05) is 22.4 Å². The third-order valence-corrected chi connectivity index (χ3v) is 6.28. The first-order valence-electron chi connectivity index (χ1n) is 9.69. The van der Waals surface area contributed by atoms with Crippen LogP contribution in [0.2, 0.25) is 0 Å². The first-order chi connectivity index (χ1) is 15.0. The predicted octanol–water partition coefficient (Wildman–Crippen LogP) is 6.43. The van der Waals surface area contributed by atoms with E-state index >= 15 is 0 Å². The molecule has 0 aliphatic carbocycles. The molecule has 4 nitrogen and oxygen atoms in total. The molecule has 168 valence electrons. The zero-order valence-electron chi connectivity index (χ0n) is 17.7. The normalized spacial score (nSPS) is 11.9. The highest BCUT2D eigenvalue weighted by molar-refractivity contribution is 7.98. The average Bonchev–Trinajstić information content (AvgIpc) is 2.77. The van der Waals surface area contributed by atoms with E-state index in [9.17, 15) is 23.1 Å². The number of carboxylic acids is 1. The van der Waals surface area contributed by atoms with Crippen molar-refractivity contribution < 1.29 is 27.8 Å². The van der Waals surface area contributed by atoms with Crippen LogP contribution < -0.4 is 4.74 Å². The number of pyridine rings is 1. The summed E-state index contributed by atoms with van der Waals surface area (Å²) in [5.74, 6) is 0.327. The second-order valence-corrected chi connectivity index (χ2v) is 8.73. The maximum Gasteiger partial charge on any atom is 0.417 e. The SMILES string of the molecule is COc1cc(C(C)(C)C(=O)O)ccc1SCc1ccc(-c2ccc(C(F)(F)F)cn2)cc1. The summed E-state index contributed by atoms with van der Waals surface area (Å²) in [6.45, 7) is 3.29. The van der Waals surface area contributed by atoms with Gasteiger partial charge in [0.05, 0.1) is 23.8 Å². The van der Waals surface area contributed by atoms with E-state index in [0.29, 0.717) is 22.8 Å². The smallest absolute Gasteiger partial charge is 0.417 e. The fourth-order valence-electron chi connectivity index (χ4n) is 2.96. The van der Waals surface area contributed by atoms with Gasteiger partial charge in [-0.1, -0.05) is 30.3 Å². The summed E-state index contributed by atoms with van der Waals surface area (Å²) in [5.41, 5.74) is 1.06. The van der Waals surface area contributed by atoms with E-state index in [-0.39, 0.29) is 0 Å². The van der Waals surface area contributed by atoms with E-state index in [4.69, 9.17) is 4.74 Å². The molecule has 0 spiro atoms. The number of nitrogens with zero attached hydrogens (tertiary/aromatic N) is 1. The molecule has 0 atom stereocenters. The summed E-state index contributed by atoms with van der Waals surface area (Å²) >= 11 is 1.55. The number of methoxy groups -OCH3 is 1. The summed E-state index contributed by atoms with van der Waals surface area (Å²) in [7, 11) is 1.54. The van der Waals surface area contributed by atoms with Gasteiger partial charge in [-0.2, -0.15) is 13.2 Å². The van der Waals surface area contributed by atoms with E-state index < -0.39 is 23.1 Å². The quantitative estimate of drug-likeness (QED) is 0.411. The van der Waals surface area contributed by atoms with Crippen LogP contribution in [0.1, 0.15) is 30.5 Å². The number of carbonyl (C=O) groups is 1. The molecule has 32 heavy (non-hydrogen) atoms. The molecule has 2 aromatic carbocycles. The van der Waals surface area contributed by atoms with E-state index in [1.807, 2.05) is 30.3 Å². The largest absolute Gasteiger partial charge is 0.496 e. The molecule has 1 N–H and O–H groups in total. The Kier molecular flexibility index (Phi) is 6.83. The van der Waals surface area contributed by atoms with Gasteiger partial charge >= 0.3 is 12.1 Å². The van der Waals surface area contributed by atoms with Crippen LogP contribution in [-0.2, 0) is 22.1 Å². The minimum Gasteiger partial charge on any atom is -0.496 e. The van der Waals surface area contributed by atoms with Gasteiger partial charge < -0.3 is 9.84 Å². The van der Waals surface area contributed by atoms with Crippen molar-refractivity contribution in [2.75, 3.05) is 7.11 Å². The van der Waals surface area contributed by atoms with Crippen LogP contribution in [0.5, 0.6) is 5.75 Å². The standard InChI is InChI=1S/C24H22F3NO3S/c1-23(2,22(29)30)17-9-11-21(20(12-17)31-3)32-14-15-4-6-16(7-5-15)19-10-8-18(13-28-19)24(25,26)27/h4-13H,14H2,1-3H3,(H,29,30). The molecule has 1 heterocycles. The number of ether oxygens (including phenoxy) is 1. The zero-order chi connectivity index (χ0) is 23.5. The minimum atomic E-state index is -4.41. The van der Waals surface area contributed by atoms with Gasteiger partial charge in [-0.05, 0) is 49.2 Å². The average molecular weight is 462 g/mol. The van der Waals surface area contributed by atoms with Crippen LogP contribution >= 0.6 is 11.8 Å². The number of alkyl halides is 3. The molecule has 1 aromatic heterocycles. The highest BCUT2D eigenvalue weighted by atomic mass is 32.2. The van der Waals surface area contributed by atoms with Crippen molar-refractivity contribution in [3.8, 4) is 17.0 Å². The van der Waals surface area contributed by atoms with E-state index in [1.54, 1.807) is 44.9 Å². The van der Waals surface area contributed by atoms with Crippen LogP contribution in [0.25, 0.3) is 11.3 Å². The predicted molar refractivity (Wildman–Crippen MR) is 118 cm³/mol. The van der Waals surface area contributed by atoms with Crippen LogP contribution in [0.15, 0.2) is 65.7 Å². The molecule has 3 aromatic rings. The minimum absolute atomic E-state index is 0.468. The lowest BCUT2D eigenvalue weighted by Crippen LogP contribution is -2.28. The maximum absolute atomic E-state index is 12.7. The number of hydrogen-bond donors (Lipinski definition) is 1. The van der Waals surface area contributed by atoms with Gasteiger partial charge in [-0.25, -0.2) is 0 Å². The van der Waals surface area contributed by atoms with E-state index in [2.05, 4.69) is 4.98 Å². The third-order valence-electron chi connectivity index (χ3n) is 5.15. The molecular weight excluding hydrogens is 439 g/mol. The van der Waals surface area contributed by atoms with Gasteiger partial charge in [-0.3, -0.25) is 9.78 Å². The van der Waals surface area contributed by atoms with Crippen molar-refractivity contribution in [1.29, 1.82) is 0 Å². The molecule has 0 bridgehead atoms. The number of aromatic nitrogens is 1. The maximum atomic E-state index is 12.7. The monoisotopic (exact) mass is 461 g/mol. The number of halogens is 3. The molecule has 0 unspecified atom stereocenters. The molecule has 0 radical (unpaired) electrons. The Morgan fingerprint density at radius 1 is 1.03 bits per heavy atom. The number of benzene rings is 2. The first-order valence-corrected chi connectivity index (χ1v) is 10.7. The van der Waals surface area contributed by atoms with Crippen molar-refractivity contribution in [2.45, 2.75) is 36.1 Å². The highest BCUT2D eigenvalue weighted by Gasteiger charge is 2.31. The Bertz CT molecular complexity index is 1090. The van der Waals surface area contributed by atoms with E-state index in [1.165, 1.54) is 6.07 Å². The Hall–Kier alpha value is -3.00. The summed E-state index contributed by atoms with van der Waals surface area (Å²) in [5, 5.41) is 9.43. The summed E-state index contributed by atoms with van der Waals surface area (Å²) in [4.78, 5) is 16.3. The van der Waals surface area contributed by atoms with Crippen molar-refractivity contribution in [1.82, 2.24) is 4.98 Å². The second-order valence-electron chi connectivity index (χ2n) is 7.71. The Labute approximate surface area is 188 Å². The fourth-order valence-corrected chi connectivity index (χ4v) is 3.93. The van der Waals surface area contributed by atoms with E-state index in [0.717, 1.165) is 28.3 Å². The van der Waals surface area contributed by atoms with Gasteiger partial charge in [-0.15, -0.1) is 11.8 Å². The molecule has 0 saturated carbocycles. The number of carboxylic acid groups (broad SMARTS) is 1. The Morgan fingerprint density at radius 2 is 1.69 bits per heavy atom. The van der Waals surface area contributed by atoms with Crippen molar-refractivity contribution in [3.05, 3.63) is 77.5 Å². The number of aliphatic carboxylic acids is 1. The van der Waals surface area contributed by atoms with Gasteiger partial charge in [0.15, 0.2) is 0 Å². The lowest BCUT2D eigenvalue weighted by Gasteiger charge is -2.21. The van der Waals surface area contributed by atoms with Crippen molar-refractivity contribution >= 4 is 17.7 Å². The molecule has 8 heteroatoms. The molecular formula is C24H22F3NO3S. The van der Waals surface area contributed by atoms with Gasteiger partial charge in [0.1, 0.15) is 5.75 Å². The summed E-state index contributed by atoms with van der Waals surface area (Å²) in [6.07, 6.45) is -3.57.